The van der Waals surface area contributed by atoms with Gasteiger partial charge in [0.25, 0.3) is 0 Å². The summed E-state index contributed by atoms with van der Waals surface area (Å²) in [5.41, 5.74) is 5.99. The summed E-state index contributed by atoms with van der Waals surface area (Å²) in [7, 11) is 0. The molecular formula is C60H94F12N16O17. The van der Waals surface area contributed by atoms with Crippen LogP contribution in [0.15, 0.2) is 0 Å². The van der Waals surface area contributed by atoms with Crippen LogP contribution in [0.5, 0.6) is 0 Å². The summed E-state index contributed by atoms with van der Waals surface area (Å²) >= 11 is 0. The lowest BCUT2D eigenvalue weighted by Gasteiger charge is -2.29. The van der Waals surface area contributed by atoms with Crippen molar-refractivity contribution in [3.05, 3.63) is 0 Å². The third-order valence-corrected chi connectivity index (χ3v) is 15.2. The third-order valence-electron chi connectivity index (χ3n) is 15.2. The largest absolute Gasteiger partial charge is 0.471 e. The van der Waals surface area contributed by atoms with Crippen LogP contribution in [-0.4, -0.2) is 235 Å². The second-order valence-electron chi connectivity index (χ2n) is 25.3. The van der Waals surface area contributed by atoms with Gasteiger partial charge >= 0.3 is 48.3 Å². The van der Waals surface area contributed by atoms with Gasteiger partial charge in [-0.15, -0.1) is 0 Å². The number of rotatable bonds is 35. The van der Waals surface area contributed by atoms with Gasteiger partial charge in [-0.1, -0.05) is 60.3 Å². The molecule has 0 bridgehead atoms. The third kappa shape index (κ3) is 36.6. The fourth-order valence-corrected chi connectivity index (χ4v) is 9.62. The topological polar surface area (TPSA) is 503 Å². The molecule has 12 atom stereocenters. The van der Waals surface area contributed by atoms with Crippen molar-refractivity contribution >= 4 is 88.6 Å². The SMILES string of the molecule is CCCCCCCC(=O)NCC[C@H](N)C(=O)N[C@H](C(=O)N[C@@H](CCNC(=O)C(F)(F)F)C(=O)NCC[C@@H]1NC(=O)[C@H]([C@@H](C)O)NC(=O)[C@H](CCNC(=O)C(F)(F)F)NC(=O)[C@H](CCNC(=O)C(F)(F)F)NC(=O)[C@H](CC(C)C)NC(=O)[C@@H](CC(C)C)NC(=O)[C@H](CCNC(=O)C(F)(F)F)NC1=O)[C@@H](C)O. The Hall–Kier alpha value is -8.91. The first-order chi connectivity index (χ1) is 48.5. The van der Waals surface area contributed by atoms with Crippen LogP contribution in [0.1, 0.15) is 138 Å². The molecule has 0 spiro atoms. The van der Waals surface area contributed by atoms with Gasteiger partial charge < -0.3 is 95.7 Å². The number of carbonyl (C=O) groups is 15. The highest BCUT2D eigenvalue weighted by atomic mass is 19.4. The molecule has 45 heteroatoms. The summed E-state index contributed by atoms with van der Waals surface area (Å²) in [5.74, 6) is -26.6. The van der Waals surface area contributed by atoms with Gasteiger partial charge in [-0.05, 0) is 83.5 Å². The van der Waals surface area contributed by atoms with Crippen molar-refractivity contribution in [2.45, 2.75) is 236 Å². The van der Waals surface area contributed by atoms with Crippen LogP contribution in [0.4, 0.5) is 52.7 Å². The summed E-state index contributed by atoms with van der Waals surface area (Å²) in [5, 5.41) is 51.0. The van der Waals surface area contributed by atoms with E-state index >= 15 is 0 Å². The normalized spacial score (nSPS) is 20.8. The van der Waals surface area contributed by atoms with E-state index in [9.17, 15) is 135 Å². The van der Waals surface area contributed by atoms with E-state index in [-0.39, 0.29) is 31.7 Å². The van der Waals surface area contributed by atoms with Gasteiger partial charge in [0.2, 0.25) is 65.0 Å². The van der Waals surface area contributed by atoms with Crippen molar-refractivity contribution in [1.82, 2.24) is 79.8 Å². The van der Waals surface area contributed by atoms with E-state index in [2.05, 4.69) is 42.5 Å². The van der Waals surface area contributed by atoms with Crippen LogP contribution in [0, 0.1) is 11.8 Å². The van der Waals surface area contributed by atoms with E-state index in [1.165, 1.54) is 49.0 Å². The number of hydrogen-bond donors (Lipinski definition) is 18. The van der Waals surface area contributed by atoms with Crippen molar-refractivity contribution in [2.75, 3.05) is 39.3 Å². The predicted molar refractivity (Wildman–Crippen MR) is 341 cm³/mol. The Bertz CT molecular complexity index is 2960. The number of amides is 15. The average molecular weight is 1540 g/mol. The monoisotopic (exact) mass is 1540 g/mol. The molecule has 15 amide bonds. The Kier molecular flexibility index (Phi) is 40.1. The average Bonchev–Trinajstić information content (AvgIpc) is 1.50. The molecule has 0 aliphatic carbocycles. The van der Waals surface area contributed by atoms with Crippen molar-refractivity contribution in [3.63, 3.8) is 0 Å². The van der Waals surface area contributed by atoms with Gasteiger partial charge in [-0.2, -0.15) is 52.7 Å². The summed E-state index contributed by atoms with van der Waals surface area (Å²) < 4.78 is 160. The maximum atomic E-state index is 14.7. The molecule has 0 unspecified atom stereocenters. The van der Waals surface area contributed by atoms with Crippen molar-refractivity contribution in [3.8, 4) is 0 Å². The van der Waals surface area contributed by atoms with Gasteiger partial charge in [0.15, 0.2) is 0 Å². The van der Waals surface area contributed by atoms with Crippen LogP contribution in [-0.2, 0) is 71.9 Å². The molecule has 1 aliphatic heterocycles. The number of nitrogens with two attached hydrogens (primary N) is 1. The van der Waals surface area contributed by atoms with Gasteiger partial charge in [-0.25, -0.2) is 0 Å². The second-order valence-corrected chi connectivity index (χ2v) is 25.3. The van der Waals surface area contributed by atoms with E-state index in [0.29, 0.717) is 6.42 Å². The number of aliphatic hydroxyl groups excluding tert-OH is 2. The molecule has 0 saturated carbocycles. The van der Waals surface area contributed by atoms with Crippen LogP contribution in [0.2, 0.25) is 0 Å². The summed E-state index contributed by atoms with van der Waals surface area (Å²) in [6, 6.07) is -20.8. The highest BCUT2D eigenvalue weighted by Crippen LogP contribution is 2.19. The first-order valence-corrected chi connectivity index (χ1v) is 33.3. The molecule has 1 rings (SSSR count). The first-order valence-electron chi connectivity index (χ1n) is 33.3. The summed E-state index contributed by atoms with van der Waals surface area (Å²) in [6.07, 6.45) is -28.0. The minimum absolute atomic E-state index is 0.133. The summed E-state index contributed by atoms with van der Waals surface area (Å²) in [6.45, 7) is 4.02. The number of carbonyl (C=O) groups excluding carboxylic acids is 15. The Balaban J connectivity index is 4.23. The van der Waals surface area contributed by atoms with Crippen LogP contribution >= 0.6 is 0 Å². The minimum atomic E-state index is -5.58. The molecule has 1 saturated heterocycles. The molecule has 0 radical (unpaired) electrons. The fraction of sp³-hybridized carbons (Fsp3) is 0.750. The zero-order chi connectivity index (χ0) is 80.5. The number of unbranched alkanes of at least 4 members (excludes halogenated alkanes) is 4. The zero-order valence-electron chi connectivity index (χ0n) is 58.4. The quantitative estimate of drug-likeness (QED) is 0.0225. The lowest BCUT2D eigenvalue weighted by Crippen LogP contribution is -2.62. The van der Waals surface area contributed by atoms with Gasteiger partial charge in [0.1, 0.15) is 54.4 Å². The maximum absolute atomic E-state index is 14.7. The van der Waals surface area contributed by atoms with Crippen LogP contribution < -0.4 is 85.5 Å². The predicted octanol–water partition coefficient (Wildman–Crippen LogP) is -2.81. The Morgan fingerprint density at radius 2 is 0.743 bits per heavy atom. The van der Waals surface area contributed by atoms with Crippen LogP contribution in [0.25, 0.3) is 0 Å². The number of halogens is 12. The fourth-order valence-electron chi connectivity index (χ4n) is 9.62. The molecular weight excluding hydrogens is 1440 g/mol. The lowest BCUT2D eigenvalue weighted by atomic mass is 9.99. The van der Waals surface area contributed by atoms with E-state index in [4.69, 9.17) is 5.73 Å². The lowest BCUT2D eigenvalue weighted by molar-refractivity contribution is -0.173. The Morgan fingerprint density at radius 1 is 0.410 bits per heavy atom. The molecule has 1 aliphatic rings. The van der Waals surface area contributed by atoms with Crippen molar-refractivity contribution in [1.29, 1.82) is 0 Å². The van der Waals surface area contributed by atoms with Crippen LogP contribution in [0.3, 0.4) is 0 Å². The van der Waals surface area contributed by atoms with Gasteiger partial charge in [0, 0.05) is 45.7 Å². The van der Waals surface area contributed by atoms with Gasteiger partial charge in [0.05, 0.1) is 18.2 Å². The molecule has 105 heavy (non-hydrogen) atoms. The van der Waals surface area contributed by atoms with Crippen molar-refractivity contribution in [2.24, 2.45) is 17.6 Å². The number of aliphatic hydroxyl groups is 2. The van der Waals surface area contributed by atoms with E-state index in [0.717, 1.165) is 39.5 Å². The molecule has 0 aromatic heterocycles. The van der Waals surface area contributed by atoms with E-state index in [1.807, 2.05) is 22.9 Å². The second kappa shape index (κ2) is 44.8. The molecule has 33 nitrogen and oxygen atoms in total. The number of alkyl halides is 12. The van der Waals surface area contributed by atoms with Crippen molar-refractivity contribution < 1.29 is 135 Å². The highest BCUT2D eigenvalue weighted by Gasteiger charge is 2.44. The minimum Gasteiger partial charge on any atom is -0.391 e. The standard InChI is InChI=1S/C60H94F12N16O17/c1-8-9-10-11-12-13-40(91)74-20-14-32(73)43(92)87-41(30(6)89)51(100)83-33(16-22-76-53(102)57(61,62)63)44(93)75-21-15-36-46(95)80-35(18-24-78-55(104)59(67,68)69)47(96)85-39(27-29(4)5)50(99)86-38(26-28(2)3)49(98)82-34(17-23-77-54(103)58(64,65)66)45(94)81-37(19-25-79-56(105)60(70,71)72)48(97)88-42(31(7)90)52(101)84-36/h28-39,41-42,89-90H,8-27,73H2,1-7H3,(H,74,91)(H,75,93)(H,76,102)(H,77,103)(H,78,104)(H,79,105)(H,80,95)(H,81,94)(H,82,98)(H,83,100)(H,84,101)(H,85,96)(H,86,99)(H,87,92)(H,88,97)/t30-,31-,32+,33+,34+,35+,36+,37+,38+,39-,41+,42+/m1/s1. The molecule has 600 valence electrons. The molecule has 0 aromatic rings. The first kappa shape index (κ1) is 94.1. The number of nitrogens with one attached hydrogen (secondary N) is 15. The molecule has 19 N–H and O–H groups in total. The Morgan fingerprint density at radius 3 is 1.10 bits per heavy atom. The Labute approximate surface area is 594 Å². The van der Waals surface area contributed by atoms with E-state index in [1.54, 1.807) is 0 Å². The smallest absolute Gasteiger partial charge is 0.391 e. The summed E-state index contributed by atoms with van der Waals surface area (Å²) in [4.78, 5) is 201. The maximum Gasteiger partial charge on any atom is 0.471 e. The molecule has 1 fully saturated rings. The highest BCUT2D eigenvalue weighted by molar-refractivity contribution is 5.99. The zero-order valence-corrected chi connectivity index (χ0v) is 58.4. The molecule has 0 aromatic carbocycles. The van der Waals surface area contributed by atoms with Gasteiger partial charge in [-0.3, -0.25) is 71.9 Å². The van der Waals surface area contributed by atoms with E-state index < -0.39 is 263 Å². The number of hydrogen-bond acceptors (Lipinski definition) is 18. The molecule has 1 heterocycles.